The van der Waals surface area contributed by atoms with E-state index in [2.05, 4.69) is 22.2 Å². The van der Waals surface area contributed by atoms with Crippen molar-refractivity contribution in [1.82, 2.24) is 15.3 Å². The Labute approximate surface area is 115 Å². The molecule has 0 aromatic carbocycles. The van der Waals surface area contributed by atoms with Crippen LogP contribution in [0.5, 0.6) is 5.88 Å². The average molecular weight is 261 g/mol. The third-order valence-corrected chi connectivity index (χ3v) is 4.65. The Hall–Kier alpha value is -1.16. The first kappa shape index (κ1) is 12.9. The van der Waals surface area contributed by atoms with Gasteiger partial charge >= 0.3 is 0 Å². The van der Waals surface area contributed by atoms with Gasteiger partial charge in [-0.3, -0.25) is 4.98 Å². The minimum atomic E-state index is 0.318. The Bertz CT molecular complexity index is 427. The number of aromatic nitrogens is 2. The Kier molecular flexibility index (Phi) is 3.69. The van der Waals surface area contributed by atoms with E-state index in [0.717, 1.165) is 36.4 Å². The molecule has 3 rings (SSSR count). The first-order valence-electron chi connectivity index (χ1n) is 7.45. The van der Waals surface area contributed by atoms with Crippen molar-refractivity contribution in [3.05, 3.63) is 18.1 Å². The van der Waals surface area contributed by atoms with E-state index in [4.69, 9.17) is 4.74 Å². The van der Waals surface area contributed by atoms with E-state index >= 15 is 0 Å². The molecule has 2 aliphatic carbocycles. The Morgan fingerprint density at radius 1 is 1.32 bits per heavy atom. The molecule has 1 N–H and O–H groups in total. The lowest BCUT2D eigenvalue weighted by molar-refractivity contribution is 0.355. The lowest BCUT2D eigenvalue weighted by Crippen LogP contribution is -2.27. The number of methoxy groups -OCH3 is 1. The second-order valence-electron chi connectivity index (χ2n) is 5.72. The summed E-state index contributed by atoms with van der Waals surface area (Å²) in [5.41, 5.74) is 0.998. The number of hydrogen-bond donors (Lipinski definition) is 1. The zero-order chi connectivity index (χ0) is 13.2. The van der Waals surface area contributed by atoms with Gasteiger partial charge in [0.2, 0.25) is 5.88 Å². The van der Waals surface area contributed by atoms with Gasteiger partial charge in [-0.25, -0.2) is 4.98 Å². The minimum absolute atomic E-state index is 0.318. The van der Waals surface area contributed by atoms with Crippen LogP contribution in [0.4, 0.5) is 0 Å². The predicted octanol–water partition coefficient (Wildman–Crippen LogP) is 2.57. The molecule has 1 heterocycles. The first-order chi connectivity index (χ1) is 9.36. The summed E-state index contributed by atoms with van der Waals surface area (Å²) in [5.74, 6) is 3.23. The lowest BCUT2D eigenvalue weighted by Gasteiger charge is -2.21. The molecule has 2 saturated carbocycles. The molecule has 104 valence electrons. The van der Waals surface area contributed by atoms with Crippen LogP contribution in [-0.4, -0.2) is 23.6 Å². The highest BCUT2D eigenvalue weighted by Crippen LogP contribution is 2.62. The van der Waals surface area contributed by atoms with Gasteiger partial charge in [-0.1, -0.05) is 13.3 Å². The molecule has 0 radical (unpaired) electrons. The van der Waals surface area contributed by atoms with Crippen molar-refractivity contribution >= 4 is 0 Å². The van der Waals surface area contributed by atoms with Crippen LogP contribution < -0.4 is 10.1 Å². The van der Waals surface area contributed by atoms with Crippen LogP contribution in [0.1, 0.15) is 44.3 Å². The molecule has 2 aliphatic rings. The monoisotopic (exact) mass is 261 g/mol. The van der Waals surface area contributed by atoms with E-state index in [9.17, 15) is 0 Å². The van der Waals surface area contributed by atoms with Crippen molar-refractivity contribution in [2.24, 2.45) is 17.8 Å². The van der Waals surface area contributed by atoms with E-state index in [1.54, 1.807) is 19.5 Å². The summed E-state index contributed by atoms with van der Waals surface area (Å²) < 4.78 is 5.39. The van der Waals surface area contributed by atoms with Crippen LogP contribution >= 0.6 is 0 Å². The lowest BCUT2D eigenvalue weighted by atomic mass is 10.0. The smallest absolute Gasteiger partial charge is 0.237 e. The number of hydrogen-bond acceptors (Lipinski definition) is 4. The zero-order valence-corrected chi connectivity index (χ0v) is 11.8. The van der Waals surface area contributed by atoms with Crippen LogP contribution in [0, 0.1) is 17.8 Å². The molecule has 4 heteroatoms. The highest BCUT2D eigenvalue weighted by atomic mass is 16.5. The Morgan fingerprint density at radius 2 is 2.05 bits per heavy atom. The predicted molar refractivity (Wildman–Crippen MR) is 73.9 cm³/mol. The van der Waals surface area contributed by atoms with Gasteiger partial charge in [0.05, 0.1) is 13.2 Å². The van der Waals surface area contributed by atoms with Crippen LogP contribution in [0.15, 0.2) is 12.4 Å². The van der Waals surface area contributed by atoms with Crippen molar-refractivity contribution < 1.29 is 4.74 Å². The van der Waals surface area contributed by atoms with Crippen molar-refractivity contribution in [1.29, 1.82) is 0 Å². The summed E-state index contributed by atoms with van der Waals surface area (Å²) in [7, 11) is 1.68. The van der Waals surface area contributed by atoms with Crippen LogP contribution in [0.3, 0.4) is 0 Å². The van der Waals surface area contributed by atoms with E-state index in [-0.39, 0.29) is 0 Å². The molecule has 2 fully saturated rings. The van der Waals surface area contributed by atoms with E-state index in [1.165, 1.54) is 19.3 Å². The molecule has 3 unspecified atom stereocenters. The molecule has 0 aliphatic heterocycles. The van der Waals surface area contributed by atoms with Crippen molar-refractivity contribution in [3.63, 3.8) is 0 Å². The number of rotatable bonds is 6. The molecule has 1 aromatic heterocycles. The molecule has 19 heavy (non-hydrogen) atoms. The van der Waals surface area contributed by atoms with E-state index in [1.807, 2.05) is 0 Å². The SMILES string of the molecule is CCCNC(c1nccnc1OC)C1C2CCCC21. The Morgan fingerprint density at radius 3 is 2.74 bits per heavy atom. The van der Waals surface area contributed by atoms with Gasteiger partial charge in [0, 0.05) is 12.4 Å². The van der Waals surface area contributed by atoms with Crippen molar-refractivity contribution in [2.45, 2.75) is 38.6 Å². The second kappa shape index (κ2) is 5.45. The van der Waals surface area contributed by atoms with Crippen molar-refractivity contribution in [3.8, 4) is 5.88 Å². The molecular weight excluding hydrogens is 238 g/mol. The third-order valence-electron chi connectivity index (χ3n) is 4.65. The van der Waals surface area contributed by atoms with Gasteiger partial charge in [-0.2, -0.15) is 0 Å². The van der Waals surface area contributed by atoms with Gasteiger partial charge in [0.15, 0.2) is 0 Å². The highest BCUT2D eigenvalue weighted by Gasteiger charge is 2.56. The normalized spacial score (nSPS) is 29.9. The maximum atomic E-state index is 5.39. The van der Waals surface area contributed by atoms with Gasteiger partial charge < -0.3 is 10.1 Å². The van der Waals surface area contributed by atoms with Crippen molar-refractivity contribution in [2.75, 3.05) is 13.7 Å². The maximum absolute atomic E-state index is 5.39. The Balaban J connectivity index is 1.82. The number of nitrogens with one attached hydrogen (secondary N) is 1. The quantitative estimate of drug-likeness (QED) is 0.855. The fourth-order valence-corrected chi connectivity index (χ4v) is 3.79. The summed E-state index contributed by atoms with van der Waals surface area (Å²) in [4.78, 5) is 8.85. The summed E-state index contributed by atoms with van der Waals surface area (Å²) in [6.45, 7) is 3.23. The second-order valence-corrected chi connectivity index (χ2v) is 5.72. The fourth-order valence-electron chi connectivity index (χ4n) is 3.79. The molecule has 3 atom stereocenters. The summed E-state index contributed by atoms with van der Waals surface area (Å²) in [6, 6.07) is 0.318. The van der Waals surface area contributed by atoms with E-state index < -0.39 is 0 Å². The third kappa shape index (κ3) is 2.34. The summed E-state index contributed by atoms with van der Waals surface area (Å²) in [5, 5.41) is 3.67. The summed E-state index contributed by atoms with van der Waals surface area (Å²) in [6.07, 6.45) is 8.80. The molecule has 0 amide bonds. The standard InChI is InChI=1S/C15H23N3O/c1-3-7-16-13(12-10-5-4-6-11(10)12)14-15(19-2)18-9-8-17-14/h8-13,16H,3-7H2,1-2H3. The molecule has 4 nitrogen and oxygen atoms in total. The highest BCUT2D eigenvalue weighted by molar-refractivity contribution is 5.25. The number of fused-ring (bicyclic) bond motifs is 1. The van der Waals surface area contributed by atoms with Crippen LogP contribution in [0.2, 0.25) is 0 Å². The molecule has 0 saturated heterocycles. The number of ether oxygens (including phenoxy) is 1. The maximum Gasteiger partial charge on any atom is 0.237 e. The fraction of sp³-hybridized carbons (Fsp3) is 0.733. The van der Waals surface area contributed by atoms with Crippen LogP contribution in [-0.2, 0) is 0 Å². The minimum Gasteiger partial charge on any atom is -0.480 e. The molecule has 0 bridgehead atoms. The first-order valence-corrected chi connectivity index (χ1v) is 7.45. The average Bonchev–Trinajstić information content (AvgIpc) is 2.92. The zero-order valence-electron chi connectivity index (χ0n) is 11.8. The topological polar surface area (TPSA) is 47.0 Å². The molecule has 1 aromatic rings. The van der Waals surface area contributed by atoms with Gasteiger partial charge in [-0.15, -0.1) is 0 Å². The largest absolute Gasteiger partial charge is 0.480 e. The van der Waals surface area contributed by atoms with Gasteiger partial charge in [0.25, 0.3) is 0 Å². The number of nitrogens with zero attached hydrogens (tertiary/aromatic N) is 2. The molecular formula is C15H23N3O. The van der Waals surface area contributed by atoms with Gasteiger partial charge in [0.1, 0.15) is 5.69 Å². The summed E-state index contributed by atoms with van der Waals surface area (Å²) >= 11 is 0. The van der Waals surface area contributed by atoms with Crippen LogP contribution in [0.25, 0.3) is 0 Å². The van der Waals surface area contributed by atoms with Gasteiger partial charge in [-0.05, 0) is 43.6 Å². The molecule has 0 spiro atoms. The van der Waals surface area contributed by atoms with E-state index in [0.29, 0.717) is 11.9 Å².